The predicted molar refractivity (Wildman–Crippen MR) is 110 cm³/mol. The highest BCUT2D eigenvalue weighted by molar-refractivity contribution is 7.98. The summed E-state index contributed by atoms with van der Waals surface area (Å²) in [6.07, 6.45) is -4.00. The third kappa shape index (κ3) is 5.36. The van der Waals surface area contributed by atoms with Gasteiger partial charge in [0.25, 0.3) is 5.91 Å². The molecule has 2 aromatic heterocycles. The maximum Gasteiger partial charge on any atom is 0.434 e. The van der Waals surface area contributed by atoms with Crippen LogP contribution in [0.2, 0.25) is 0 Å². The largest absolute Gasteiger partial charge is 0.480 e. The first-order valence-corrected chi connectivity index (χ1v) is 10.4. The van der Waals surface area contributed by atoms with Gasteiger partial charge in [0.2, 0.25) is 5.88 Å². The summed E-state index contributed by atoms with van der Waals surface area (Å²) in [5.41, 5.74) is -0.444. The van der Waals surface area contributed by atoms with Crippen LogP contribution < -0.4 is 10.1 Å². The van der Waals surface area contributed by atoms with Crippen molar-refractivity contribution in [3.8, 4) is 17.8 Å². The van der Waals surface area contributed by atoms with Crippen LogP contribution in [0.25, 0.3) is 5.82 Å². The molecule has 1 N–H and O–H groups in total. The second kappa shape index (κ2) is 10.1. The molecule has 0 saturated carbocycles. The number of carbonyl (C=O) groups excluding carboxylic acids is 1. The highest BCUT2D eigenvalue weighted by Crippen LogP contribution is 2.33. The minimum atomic E-state index is -4.85. The van der Waals surface area contributed by atoms with Crippen LogP contribution in [-0.2, 0) is 11.9 Å². The maximum absolute atomic E-state index is 13.7. The minimum Gasteiger partial charge on any atom is -0.480 e. The molecule has 0 atom stereocenters. The van der Waals surface area contributed by atoms with Crippen molar-refractivity contribution < 1.29 is 22.7 Å². The zero-order chi connectivity index (χ0) is 23.1. The Morgan fingerprint density at radius 1 is 1.25 bits per heavy atom. The first-order valence-electron chi connectivity index (χ1n) is 9.22. The molecule has 32 heavy (non-hydrogen) atoms. The van der Waals surface area contributed by atoms with Crippen LogP contribution in [-0.4, -0.2) is 45.3 Å². The zero-order valence-electron chi connectivity index (χ0n) is 16.8. The molecule has 0 fully saturated rings. The molecule has 0 aliphatic rings. The summed E-state index contributed by atoms with van der Waals surface area (Å²) in [4.78, 5) is 12.4. The number of halogens is 3. The molecule has 12 heteroatoms. The fourth-order valence-electron chi connectivity index (χ4n) is 2.77. The van der Waals surface area contributed by atoms with E-state index in [1.165, 1.54) is 31.0 Å². The second-order valence-corrected chi connectivity index (χ2v) is 7.43. The van der Waals surface area contributed by atoms with Gasteiger partial charge in [0, 0.05) is 24.1 Å². The van der Waals surface area contributed by atoms with E-state index in [9.17, 15) is 18.0 Å². The van der Waals surface area contributed by atoms with Crippen molar-refractivity contribution in [1.29, 1.82) is 5.26 Å². The highest BCUT2D eigenvalue weighted by atomic mass is 32.2. The lowest BCUT2D eigenvalue weighted by Gasteiger charge is -2.12. The molecule has 0 bridgehead atoms. The van der Waals surface area contributed by atoms with E-state index in [0.717, 1.165) is 11.8 Å². The van der Waals surface area contributed by atoms with Gasteiger partial charge in [-0.25, -0.2) is 4.68 Å². The van der Waals surface area contributed by atoms with Gasteiger partial charge in [0.05, 0.1) is 30.5 Å². The molecule has 0 radical (unpaired) electrons. The monoisotopic (exact) mass is 462 g/mol. The zero-order valence-corrected chi connectivity index (χ0v) is 17.6. The molecule has 1 amide bonds. The van der Waals surface area contributed by atoms with Crippen molar-refractivity contribution >= 4 is 17.7 Å². The topological polar surface area (TPSA) is 106 Å². The molecule has 3 rings (SSSR count). The van der Waals surface area contributed by atoms with E-state index in [0.29, 0.717) is 21.8 Å². The van der Waals surface area contributed by atoms with Crippen LogP contribution in [0.1, 0.15) is 27.2 Å². The van der Waals surface area contributed by atoms with Crippen LogP contribution in [0.3, 0.4) is 0 Å². The van der Waals surface area contributed by atoms with Gasteiger partial charge in [-0.05, 0) is 17.7 Å². The van der Waals surface area contributed by atoms with Crippen molar-refractivity contribution in [3.05, 3.63) is 65.0 Å². The van der Waals surface area contributed by atoms with Gasteiger partial charge in [-0.3, -0.25) is 4.79 Å². The van der Waals surface area contributed by atoms with Gasteiger partial charge in [-0.15, -0.1) is 10.2 Å². The number of nitrogens with one attached hydrogen (secondary N) is 1. The third-order valence-electron chi connectivity index (χ3n) is 4.26. The first-order chi connectivity index (χ1) is 15.3. The Labute approximate surface area is 185 Å². The highest BCUT2D eigenvalue weighted by Gasteiger charge is 2.40. The lowest BCUT2D eigenvalue weighted by atomic mass is 10.1. The third-order valence-corrected chi connectivity index (χ3v) is 5.27. The Hall–Kier alpha value is -3.59. The van der Waals surface area contributed by atoms with Crippen molar-refractivity contribution in [2.75, 3.05) is 19.4 Å². The SMILES string of the molecule is COc1ccc(-n2ncc(C(=O)NCCSCc3ccccc3C#N)c2C(F)(F)F)nn1. The smallest absolute Gasteiger partial charge is 0.434 e. The summed E-state index contributed by atoms with van der Waals surface area (Å²) in [7, 11) is 1.35. The van der Waals surface area contributed by atoms with Crippen molar-refractivity contribution in [2.45, 2.75) is 11.9 Å². The Morgan fingerprint density at radius 2 is 2.03 bits per heavy atom. The number of rotatable bonds is 8. The molecule has 1 aromatic carbocycles. The van der Waals surface area contributed by atoms with E-state index in [1.807, 2.05) is 12.1 Å². The number of nitrogens with zero attached hydrogens (tertiary/aromatic N) is 5. The van der Waals surface area contributed by atoms with Crippen LogP contribution in [0.4, 0.5) is 13.2 Å². The van der Waals surface area contributed by atoms with Crippen molar-refractivity contribution in [2.24, 2.45) is 0 Å². The summed E-state index contributed by atoms with van der Waals surface area (Å²) < 4.78 is 46.4. The van der Waals surface area contributed by atoms with E-state index in [4.69, 9.17) is 10.00 Å². The van der Waals surface area contributed by atoms with Crippen LogP contribution in [0.5, 0.6) is 5.88 Å². The van der Waals surface area contributed by atoms with Crippen molar-refractivity contribution in [1.82, 2.24) is 25.3 Å². The van der Waals surface area contributed by atoms with E-state index in [2.05, 4.69) is 26.7 Å². The van der Waals surface area contributed by atoms with Gasteiger partial charge in [-0.2, -0.15) is 35.3 Å². The molecule has 2 heterocycles. The maximum atomic E-state index is 13.7. The van der Waals surface area contributed by atoms with Crippen molar-refractivity contribution in [3.63, 3.8) is 0 Å². The molecule has 0 saturated heterocycles. The van der Waals surface area contributed by atoms with Gasteiger partial charge >= 0.3 is 6.18 Å². The van der Waals surface area contributed by atoms with Gasteiger partial charge < -0.3 is 10.1 Å². The average Bonchev–Trinajstić information content (AvgIpc) is 3.25. The number of ether oxygens (including phenoxy) is 1. The summed E-state index contributed by atoms with van der Waals surface area (Å²) in [6, 6.07) is 11.8. The molecular weight excluding hydrogens is 445 g/mol. The average molecular weight is 462 g/mol. The number of carbonyl (C=O) groups is 1. The molecular formula is C20H17F3N6O2S. The van der Waals surface area contributed by atoms with Crippen LogP contribution in [0.15, 0.2) is 42.6 Å². The summed E-state index contributed by atoms with van der Waals surface area (Å²) >= 11 is 1.45. The Kier molecular flexibility index (Phi) is 7.32. The molecule has 0 spiro atoms. The number of hydrogen-bond acceptors (Lipinski definition) is 7. The normalized spacial score (nSPS) is 11.1. The first kappa shape index (κ1) is 23.1. The van der Waals surface area contributed by atoms with E-state index >= 15 is 0 Å². The molecule has 0 aliphatic heterocycles. The molecule has 3 aromatic rings. The van der Waals surface area contributed by atoms with Gasteiger partial charge in [0.15, 0.2) is 11.5 Å². The molecule has 0 aliphatic carbocycles. The Balaban J connectivity index is 1.66. The molecule has 8 nitrogen and oxygen atoms in total. The Morgan fingerprint density at radius 3 is 2.69 bits per heavy atom. The summed E-state index contributed by atoms with van der Waals surface area (Å²) in [5, 5.41) is 22.6. The van der Waals surface area contributed by atoms with Gasteiger partial charge in [0.1, 0.15) is 0 Å². The number of benzene rings is 1. The standard InChI is InChI=1S/C20H17F3N6O2S/c1-31-17-7-6-16(27-28-17)29-18(20(21,22)23)15(11-26-29)19(30)25-8-9-32-12-14-5-3-2-4-13(14)10-24/h2-7,11H,8-9,12H2,1H3,(H,25,30). The predicted octanol–water partition coefficient (Wildman–Crippen LogP) is 3.22. The van der Waals surface area contributed by atoms with E-state index in [1.54, 1.807) is 12.1 Å². The van der Waals surface area contributed by atoms with Crippen LogP contribution in [0, 0.1) is 11.3 Å². The minimum absolute atomic E-state index is 0.127. The Bertz CT molecular complexity index is 1130. The number of nitriles is 1. The number of aromatic nitrogens is 4. The lowest BCUT2D eigenvalue weighted by molar-refractivity contribution is -0.143. The molecule has 0 unspecified atom stereocenters. The quantitative estimate of drug-likeness (QED) is 0.513. The fourth-order valence-corrected chi connectivity index (χ4v) is 3.63. The van der Waals surface area contributed by atoms with Crippen LogP contribution >= 0.6 is 11.8 Å². The van der Waals surface area contributed by atoms with E-state index < -0.39 is 23.3 Å². The van der Waals surface area contributed by atoms with E-state index in [-0.39, 0.29) is 18.2 Å². The number of alkyl halides is 3. The summed E-state index contributed by atoms with van der Waals surface area (Å²) in [6.45, 7) is 0.142. The second-order valence-electron chi connectivity index (χ2n) is 6.33. The number of methoxy groups -OCH3 is 1. The molecule has 166 valence electrons. The fraction of sp³-hybridized carbons (Fsp3) is 0.250. The number of amides is 1. The number of thioether (sulfide) groups is 1. The summed E-state index contributed by atoms with van der Waals surface area (Å²) in [5.74, 6) is 0.0150. The van der Waals surface area contributed by atoms with Gasteiger partial charge in [-0.1, -0.05) is 18.2 Å². The lowest BCUT2D eigenvalue weighted by Crippen LogP contribution is -2.28. The number of hydrogen-bond donors (Lipinski definition) is 1.